The maximum atomic E-state index is 10.2. The smallest absolute Gasteiger partial charge is 0.180 e. The first-order valence-corrected chi connectivity index (χ1v) is 7.09. The molecule has 3 nitrogen and oxygen atoms in total. The van der Waals surface area contributed by atoms with Gasteiger partial charge in [-0.1, -0.05) is 24.3 Å². The third-order valence-electron chi connectivity index (χ3n) is 3.63. The molecule has 0 bridgehead atoms. The molecule has 0 saturated carbocycles. The van der Waals surface area contributed by atoms with Gasteiger partial charge in [0, 0.05) is 11.3 Å². The second-order valence-corrected chi connectivity index (χ2v) is 5.69. The molecule has 0 spiro atoms. The molecule has 2 unspecified atom stereocenters. The van der Waals surface area contributed by atoms with Crippen LogP contribution in [0.4, 0.5) is 5.13 Å². The van der Waals surface area contributed by atoms with Crippen molar-refractivity contribution in [2.24, 2.45) is 0 Å². The molecule has 2 atom stereocenters. The summed E-state index contributed by atoms with van der Waals surface area (Å²) in [6.07, 6.45) is 2.34. The van der Waals surface area contributed by atoms with Crippen LogP contribution in [0.3, 0.4) is 0 Å². The number of nitrogen functional groups attached to an aromatic ring is 1. The number of fused-ring (bicyclic) bond motifs is 1. The fourth-order valence-corrected chi connectivity index (χ4v) is 3.31. The lowest BCUT2D eigenvalue weighted by atomic mass is 9.94. The van der Waals surface area contributed by atoms with Crippen molar-refractivity contribution in [3.05, 3.63) is 46.5 Å². The number of hydrogen-bond acceptors (Lipinski definition) is 4. The van der Waals surface area contributed by atoms with E-state index in [0.29, 0.717) is 11.0 Å². The van der Waals surface area contributed by atoms with Gasteiger partial charge in [-0.15, -0.1) is 11.3 Å². The van der Waals surface area contributed by atoms with E-state index in [9.17, 15) is 5.11 Å². The molecule has 0 aliphatic heterocycles. The first kappa shape index (κ1) is 11.7. The lowest BCUT2D eigenvalue weighted by Crippen LogP contribution is -2.02. The Morgan fingerprint density at radius 1 is 1.28 bits per heavy atom. The number of aliphatic hydroxyl groups excluding tert-OH is 1. The molecule has 2 aromatic rings. The molecule has 4 heteroatoms. The second kappa shape index (κ2) is 4.71. The maximum Gasteiger partial charge on any atom is 0.180 e. The molecule has 1 aromatic heterocycles. The number of nitrogens with zero attached hydrogens (tertiary/aromatic N) is 1. The van der Waals surface area contributed by atoms with Crippen LogP contribution in [0.15, 0.2) is 29.6 Å². The lowest BCUT2D eigenvalue weighted by molar-refractivity contribution is 0.165. The van der Waals surface area contributed by atoms with Crippen LogP contribution < -0.4 is 5.73 Å². The quantitative estimate of drug-likeness (QED) is 0.775. The Morgan fingerprint density at radius 3 is 2.89 bits per heavy atom. The third-order valence-corrected chi connectivity index (χ3v) is 4.32. The number of hydrogen-bond donors (Lipinski definition) is 2. The molecule has 1 aliphatic carbocycles. The molecule has 0 saturated heterocycles. The standard InChI is InChI=1S/C14H16N2OS/c15-14-16-12(8-18-14)10-5-6-13(17)11-4-2-1-3-9(11)7-10/h1-4,8,10,13,17H,5-7H2,(H2,15,16). The monoisotopic (exact) mass is 260 g/mol. The van der Waals surface area contributed by atoms with Crippen LogP contribution >= 0.6 is 11.3 Å². The minimum Gasteiger partial charge on any atom is -0.388 e. The summed E-state index contributed by atoms with van der Waals surface area (Å²) in [7, 11) is 0. The number of nitrogens with two attached hydrogens (primary N) is 1. The van der Waals surface area contributed by atoms with Crippen molar-refractivity contribution in [1.82, 2.24) is 4.98 Å². The van der Waals surface area contributed by atoms with Gasteiger partial charge in [0.1, 0.15) is 0 Å². The Morgan fingerprint density at radius 2 is 2.11 bits per heavy atom. The van der Waals surface area contributed by atoms with Gasteiger partial charge in [0.2, 0.25) is 0 Å². The van der Waals surface area contributed by atoms with Gasteiger partial charge in [0.15, 0.2) is 5.13 Å². The van der Waals surface area contributed by atoms with Gasteiger partial charge in [0.05, 0.1) is 11.8 Å². The van der Waals surface area contributed by atoms with E-state index in [4.69, 9.17) is 5.73 Å². The second-order valence-electron chi connectivity index (χ2n) is 4.80. The van der Waals surface area contributed by atoms with Crippen molar-refractivity contribution >= 4 is 16.5 Å². The molecule has 3 rings (SSSR count). The molecular weight excluding hydrogens is 244 g/mol. The van der Waals surface area contributed by atoms with Crippen molar-refractivity contribution in [2.45, 2.75) is 31.3 Å². The lowest BCUT2D eigenvalue weighted by Gasteiger charge is -2.11. The van der Waals surface area contributed by atoms with Gasteiger partial charge in [-0.2, -0.15) is 0 Å². The fourth-order valence-electron chi connectivity index (χ4n) is 2.67. The highest BCUT2D eigenvalue weighted by molar-refractivity contribution is 7.13. The van der Waals surface area contributed by atoms with E-state index in [0.717, 1.165) is 30.5 Å². The van der Waals surface area contributed by atoms with Crippen molar-refractivity contribution in [3.8, 4) is 0 Å². The zero-order chi connectivity index (χ0) is 12.5. The van der Waals surface area contributed by atoms with Gasteiger partial charge in [0.25, 0.3) is 0 Å². The Labute approximate surface area is 110 Å². The van der Waals surface area contributed by atoms with Gasteiger partial charge in [-0.25, -0.2) is 4.98 Å². The summed E-state index contributed by atoms with van der Waals surface area (Å²) in [6.45, 7) is 0. The molecule has 3 N–H and O–H groups in total. The minimum atomic E-state index is -0.345. The number of anilines is 1. The number of rotatable bonds is 1. The summed E-state index contributed by atoms with van der Waals surface area (Å²) in [5.74, 6) is 0.372. The molecule has 1 heterocycles. The molecule has 0 fully saturated rings. The highest BCUT2D eigenvalue weighted by atomic mass is 32.1. The van der Waals surface area contributed by atoms with E-state index >= 15 is 0 Å². The van der Waals surface area contributed by atoms with Crippen molar-refractivity contribution in [3.63, 3.8) is 0 Å². The first-order chi connectivity index (χ1) is 8.74. The van der Waals surface area contributed by atoms with Gasteiger partial charge < -0.3 is 10.8 Å². The zero-order valence-electron chi connectivity index (χ0n) is 10.0. The van der Waals surface area contributed by atoms with Gasteiger partial charge >= 0.3 is 0 Å². The largest absolute Gasteiger partial charge is 0.388 e. The average molecular weight is 260 g/mol. The SMILES string of the molecule is Nc1nc(C2CCC(O)c3ccccc3C2)cs1. The summed E-state index contributed by atoms with van der Waals surface area (Å²) in [6, 6.07) is 8.15. The fraction of sp³-hybridized carbons (Fsp3) is 0.357. The van der Waals surface area contributed by atoms with Crippen LogP contribution in [0, 0.1) is 0 Å². The van der Waals surface area contributed by atoms with Crippen molar-refractivity contribution in [1.29, 1.82) is 0 Å². The van der Waals surface area contributed by atoms with E-state index < -0.39 is 0 Å². The van der Waals surface area contributed by atoms with E-state index in [2.05, 4.69) is 11.1 Å². The summed E-state index contributed by atoms with van der Waals surface area (Å²) in [4.78, 5) is 4.39. The van der Waals surface area contributed by atoms with E-state index in [-0.39, 0.29) is 6.10 Å². The minimum absolute atomic E-state index is 0.345. The Kier molecular flexibility index (Phi) is 3.06. The maximum absolute atomic E-state index is 10.2. The van der Waals surface area contributed by atoms with E-state index in [1.54, 1.807) is 0 Å². The Bertz CT molecular complexity index is 552. The Balaban J connectivity index is 1.93. The summed E-state index contributed by atoms with van der Waals surface area (Å²) >= 11 is 1.49. The predicted octanol–water partition coefficient (Wildman–Crippen LogP) is 2.88. The predicted molar refractivity (Wildman–Crippen MR) is 73.6 cm³/mol. The number of aliphatic hydroxyl groups is 1. The highest BCUT2D eigenvalue weighted by Crippen LogP contribution is 2.36. The topological polar surface area (TPSA) is 59.1 Å². The van der Waals surface area contributed by atoms with Gasteiger partial charge in [-0.3, -0.25) is 0 Å². The highest BCUT2D eigenvalue weighted by Gasteiger charge is 2.24. The third kappa shape index (κ3) is 2.13. The normalized spacial score (nSPS) is 23.4. The number of benzene rings is 1. The molecule has 0 radical (unpaired) electrons. The van der Waals surface area contributed by atoms with Crippen LogP contribution in [0.25, 0.3) is 0 Å². The Hall–Kier alpha value is -1.39. The zero-order valence-corrected chi connectivity index (χ0v) is 10.9. The van der Waals surface area contributed by atoms with Gasteiger partial charge in [-0.05, 0) is 30.4 Å². The van der Waals surface area contributed by atoms with Crippen LogP contribution in [0.5, 0.6) is 0 Å². The first-order valence-electron chi connectivity index (χ1n) is 6.21. The molecule has 1 aromatic carbocycles. The number of aromatic nitrogens is 1. The van der Waals surface area contributed by atoms with E-state index in [1.165, 1.54) is 16.9 Å². The van der Waals surface area contributed by atoms with Crippen LogP contribution in [0.1, 0.15) is 41.7 Å². The molecule has 1 aliphatic rings. The molecule has 94 valence electrons. The number of thiazole rings is 1. The average Bonchev–Trinajstić information content (AvgIpc) is 2.73. The summed E-state index contributed by atoms with van der Waals surface area (Å²) < 4.78 is 0. The van der Waals surface area contributed by atoms with Crippen LogP contribution in [-0.2, 0) is 6.42 Å². The summed E-state index contributed by atoms with van der Waals surface area (Å²) in [5.41, 5.74) is 9.08. The van der Waals surface area contributed by atoms with Crippen LogP contribution in [0.2, 0.25) is 0 Å². The van der Waals surface area contributed by atoms with E-state index in [1.807, 2.05) is 23.6 Å². The molecule has 0 amide bonds. The van der Waals surface area contributed by atoms with Crippen molar-refractivity contribution in [2.75, 3.05) is 5.73 Å². The summed E-state index contributed by atoms with van der Waals surface area (Å²) in [5, 5.41) is 12.8. The molecular formula is C14H16N2OS. The molecule has 18 heavy (non-hydrogen) atoms. The van der Waals surface area contributed by atoms with Crippen LogP contribution in [-0.4, -0.2) is 10.1 Å². The van der Waals surface area contributed by atoms with Crippen molar-refractivity contribution < 1.29 is 5.11 Å².